The van der Waals surface area contributed by atoms with E-state index in [0.29, 0.717) is 6.61 Å². The van der Waals surface area contributed by atoms with Gasteiger partial charge in [0.1, 0.15) is 6.04 Å². The van der Waals surface area contributed by atoms with E-state index in [1.165, 1.54) is 5.06 Å². The van der Waals surface area contributed by atoms with Crippen molar-refractivity contribution in [1.82, 2.24) is 5.06 Å². The second kappa shape index (κ2) is 3.69. The third-order valence-electron chi connectivity index (χ3n) is 1.82. The highest BCUT2D eigenvalue weighted by molar-refractivity contribution is 5.72. The molecule has 1 aliphatic rings. The number of hydrogen-bond acceptors (Lipinski definition) is 3. The molecule has 1 rings (SSSR count). The first-order valence-corrected chi connectivity index (χ1v) is 3.84. The van der Waals surface area contributed by atoms with Crippen LogP contribution in [0.15, 0.2) is 0 Å². The number of aliphatic carboxylic acids is 1. The number of carboxylic acid groups (broad SMARTS) is 1. The van der Waals surface area contributed by atoms with Crippen molar-refractivity contribution in [3.05, 3.63) is 0 Å². The lowest BCUT2D eigenvalue weighted by molar-refractivity contribution is -0.210. The van der Waals surface area contributed by atoms with Crippen molar-refractivity contribution in [3.63, 3.8) is 0 Å². The molecule has 1 N–H and O–H groups in total. The molecular formula is C7H13NO3. The predicted octanol–water partition coefficient (Wildman–Crippen LogP) is 0.487. The van der Waals surface area contributed by atoms with E-state index in [2.05, 4.69) is 0 Å². The zero-order valence-electron chi connectivity index (χ0n) is 6.62. The Morgan fingerprint density at radius 3 is 2.82 bits per heavy atom. The van der Waals surface area contributed by atoms with Crippen molar-refractivity contribution < 1.29 is 14.7 Å². The molecule has 1 unspecified atom stereocenters. The summed E-state index contributed by atoms with van der Waals surface area (Å²) in [6.45, 7) is 3.01. The smallest absolute Gasteiger partial charge is 0.323 e. The van der Waals surface area contributed by atoms with Gasteiger partial charge in [-0.05, 0) is 19.8 Å². The average molecular weight is 159 g/mol. The van der Waals surface area contributed by atoms with E-state index in [1.54, 1.807) is 6.92 Å². The Hall–Kier alpha value is -0.610. The van der Waals surface area contributed by atoms with Gasteiger partial charge in [0, 0.05) is 6.54 Å². The van der Waals surface area contributed by atoms with Crippen molar-refractivity contribution in [2.24, 2.45) is 0 Å². The molecule has 0 aliphatic carbocycles. The highest BCUT2D eigenvalue weighted by Crippen LogP contribution is 2.09. The quantitative estimate of drug-likeness (QED) is 0.637. The Kier molecular flexibility index (Phi) is 2.84. The van der Waals surface area contributed by atoms with Crippen molar-refractivity contribution in [2.45, 2.75) is 25.8 Å². The normalized spacial score (nSPS) is 23.0. The van der Waals surface area contributed by atoms with E-state index in [4.69, 9.17) is 9.94 Å². The van der Waals surface area contributed by atoms with Crippen LogP contribution >= 0.6 is 0 Å². The second-order valence-electron chi connectivity index (χ2n) is 2.70. The average Bonchev–Trinajstić information content (AvgIpc) is 2.05. The summed E-state index contributed by atoms with van der Waals surface area (Å²) in [5.74, 6) is -0.827. The minimum atomic E-state index is -0.827. The van der Waals surface area contributed by atoms with Gasteiger partial charge < -0.3 is 5.11 Å². The molecule has 1 saturated heterocycles. The molecule has 0 radical (unpaired) electrons. The predicted molar refractivity (Wildman–Crippen MR) is 39.0 cm³/mol. The summed E-state index contributed by atoms with van der Waals surface area (Å²) in [6.07, 6.45) is 2.06. The maximum Gasteiger partial charge on any atom is 0.323 e. The van der Waals surface area contributed by atoms with E-state index < -0.39 is 12.0 Å². The number of nitrogens with zero attached hydrogens (tertiary/aromatic N) is 1. The van der Waals surface area contributed by atoms with Crippen LogP contribution in [0.2, 0.25) is 0 Å². The van der Waals surface area contributed by atoms with Gasteiger partial charge in [0.05, 0.1) is 6.61 Å². The zero-order valence-corrected chi connectivity index (χ0v) is 6.62. The molecule has 0 aromatic rings. The molecule has 1 heterocycles. The molecule has 0 bridgehead atoms. The van der Waals surface area contributed by atoms with Crippen LogP contribution < -0.4 is 0 Å². The maximum atomic E-state index is 10.5. The second-order valence-corrected chi connectivity index (χ2v) is 2.70. The van der Waals surface area contributed by atoms with Gasteiger partial charge in [0.2, 0.25) is 0 Å². The molecule has 1 fully saturated rings. The summed E-state index contributed by atoms with van der Waals surface area (Å²) >= 11 is 0. The summed E-state index contributed by atoms with van der Waals surface area (Å²) in [5.41, 5.74) is 0. The SMILES string of the molecule is CC(C(=O)O)N1CCCCO1. The fourth-order valence-corrected chi connectivity index (χ4v) is 1.04. The lowest BCUT2D eigenvalue weighted by Gasteiger charge is -2.28. The monoisotopic (exact) mass is 159 g/mol. The molecule has 0 aromatic heterocycles. The van der Waals surface area contributed by atoms with Gasteiger partial charge in [-0.25, -0.2) is 0 Å². The minimum Gasteiger partial charge on any atom is -0.480 e. The Bertz CT molecular complexity index is 143. The zero-order chi connectivity index (χ0) is 8.27. The lowest BCUT2D eigenvalue weighted by atomic mass is 10.2. The topological polar surface area (TPSA) is 49.8 Å². The number of hydroxylamine groups is 2. The number of hydrogen-bond donors (Lipinski definition) is 1. The fourth-order valence-electron chi connectivity index (χ4n) is 1.04. The van der Waals surface area contributed by atoms with Crippen LogP contribution in [-0.2, 0) is 9.63 Å². The van der Waals surface area contributed by atoms with E-state index >= 15 is 0 Å². The highest BCUT2D eigenvalue weighted by atomic mass is 16.7. The van der Waals surface area contributed by atoms with Crippen LogP contribution in [0.4, 0.5) is 0 Å². The van der Waals surface area contributed by atoms with Gasteiger partial charge in [-0.1, -0.05) is 0 Å². The van der Waals surface area contributed by atoms with Crippen LogP contribution in [-0.4, -0.2) is 35.3 Å². The van der Waals surface area contributed by atoms with Crippen molar-refractivity contribution >= 4 is 5.97 Å². The largest absolute Gasteiger partial charge is 0.480 e. The molecule has 0 saturated carbocycles. The van der Waals surface area contributed by atoms with Crippen molar-refractivity contribution in [2.75, 3.05) is 13.2 Å². The summed E-state index contributed by atoms with van der Waals surface area (Å²) in [6, 6.07) is -0.518. The molecule has 1 aliphatic heterocycles. The van der Waals surface area contributed by atoms with E-state index in [9.17, 15) is 4.79 Å². The van der Waals surface area contributed by atoms with Gasteiger partial charge in [-0.3, -0.25) is 9.63 Å². The van der Waals surface area contributed by atoms with Gasteiger partial charge in [0.15, 0.2) is 0 Å². The molecular weight excluding hydrogens is 146 g/mol. The van der Waals surface area contributed by atoms with Crippen LogP contribution in [0.25, 0.3) is 0 Å². The van der Waals surface area contributed by atoms with Crippen LogP contribution in [0.1, 0.15) is 19.8 Å². The molecule has 0 spiro atoms. The highest BCUT2D eigenvalue weighted by Gasteiger charge is 2.22. The van der Waals surface area contributed by atoms with Crippen LogP contribution in [0, 0.1) is 0 Å². The minimum absolute atomic E-state index is 0.518. The molecule has 64 valence electrons. The standard InChI is InChI=1S/C7H13NO3/c1-6(7(9)10)8-4-2-3-5-11-8/h6H,2-5H2,1H3,(H,9,10). The van der Waals surface area contributed by atoms with Crippen molar-refractivity contribution in [3.8, 4) is 0 Å². The van der Waals surface area contributed by atoms with Gasteiger partial charge >= 0.3 is 5.97 Å². The van der Waals surface area contributed by atoms with E-state index in [-0.39, 0.29) is 0 Å². The third kappa shape index (κ3) is 2.17. The number of rotatable bonds is 2. The van der Waals surface area contributed by atoms with Crippen LogP contribution in [0.5, 0.6) is 0 Å². The first-order valence-electron chi connectivity index (χ1n) is 3.84. The Balaban J connectivity index is 2.38. The summed E-state index contributed by atoms with van der Waals surface area (Å²) in [5, 5.41) is 10.1. The van der Waals surface area contributed by atoms with Gasteiger partial charge in [-0.15, -0.1) is 0 Å². The summed E-state index contributed by atoms with van der Waals surface area (Å²) in [7, 11) is 0. The van der Waals surface area contributed by atoms with E-state index in [1.807, 2.05) is 0 Å². The fraction of sp³-hybridized carbons (Fsp3) is 0.857. The Morgan fingerprint density at radius 2 is 2.36 bits per heavy atom. The molecule has 0 amide bonds. The maximum absolute atomic E-state index is 10.5. The third-order valence-corrected chi connectivity index (χ3v) is 1.82. The molecule has 0 aromatic carbocycles. The first-order chi connectivity index (χ1) is 5.22. The summed E-state index contributed by atoms with van der Waals surface area (Å²) in [4.78, 5) is 15.6. The van der Waals surface area contributed by atoms with Gasteiger partial charge in [0.25, 0.3) is 0 Å². The van der Waals surface area contributed by atoms with E-state index in [0.717, 1.165) is 19.4 Å². The Morgan fingerprint density at radius 1 is 1.64 bits per heavy atom. The van der Waals surface area contributed by atoms with Crippen LogP contribution in [0.3, 0.4) is 0 Å². The number of carbonyl (C=O) groups is 1. The molecule has 11 heavy (non-hydrogen) atoms. The number of carboxylic acids is 1. The summed E-state index contributed by atoms with van der Waals surface area (Å²) < 4.78 is 0. The van der Waals surface area contributed by atoms with Gasteiger partial charge in [-0.2, -0.15) is 5.06 Å². The van der Waals surface area contributed by atoms with Crippen molar-refractivity contribution in [1.29, 1.82) is 0 Å². The molecule has 4 nitrogen and oxygen atoms in total. The lowest BCUT2D eigenvalue weighted by Crippen LogP contribution is -2.41. The Labute approximate surface area is 65.7 Å². The first kappa shape index (κ1) is 8.49. The molecule has 1 atom stereocenters. The molecule has 4 heteroatoms.